The molecule has 104 valence electrons. The molecule has 2 aromatic carbocycles. The van der Waals surface area contributed by atoms with Gasteiger partial charge in [-0.3, -0.25) is 0 Å². The summed E-state index contributed by atoms with van der Waals surface area (Å²) in [5, 5.41) is 8.94. The van der Waals surface area contributed by atoms with Crippen LogP contribution < -0.4 is 0 Å². The van der Waals surface area contributed by atoms with E-state index in [1.165, 1.54) is 0 Å². The number of aryl methyl sites for hydroxylation is 1. The molecule has 0 aliphatic carbocycles. The summed E-state index contributed by atoms with van der Waals surface area (Å²) in [7, 11) is 0. The van der Waals surface area contributed by atoms with Gasteiger partial charge in [-0.2, -0.15) is 0 Å². The fraction of sp³-hybridized carbons (Fsp3) is 0.235. The molecular formula is C17H18O3. The smallest absolute Gasteiger partial charge is 0.335 e. The lowest BCUT2D eigenvalue weighted by atomic mass is 10.1. The minimum absolute atomic E-state index is 0.00903. The van der Waals surface area contributed by atoms with Crippen molar-refractivity contribution in [1.29, 1.82) is 0 Å². The Balaban J connectivity index is 2.02. The molecule has 0 heterocycles. The van der Waals surface area contributed by atoms with Gasteiger partial charge in [0.2, 0.25) is 0 Å². The quantitative estimate of drug-likeness (QED) is 0.894. The van der Waals surface area contributed by atoms with E-state index < -0.39 is 5.97 Å². The van der Waals surface area contributed by atoms with Crippen molar-refractivity contribution in [2.75, 3.05) is 0 Å². The van der Waals surface area contributed by atoms with Crippen molar-refractivity contribution in [2.24, 2.45) is 0 Å². The molecule has 2 rings (SSSR count). The first-order chi connectivity index (χ1) is 9.58. The van der Waals surface area contributed by atoms with E-state index in [0.717, 1.165) is 16.7 Å². The molecule has 0 amide bonds. The second-order valence-electron chi connectivity index (χ2n) is 4.81. The summed E-state index contributed by atoms with van der Waals surface area (Å²) in [4.78, 5) is 10.9. The highest BCUT2D eigenvalue weighted by Gasteiger charge is 2.08. The zero-order valence-corrected chi connectivity index (χ0v) is 11.7. The molecule has 0 spiro atoms. The zero-order valence-electron chi connectivity index (χ0n) is 11.7. The maximum atomic E-state index is 10.9. The lowest BCUT2D eigenvalue weighted by Gasteiger charge is -2.14. The van der Waals surface area contributed by atoms with E-state index in [1.54, 1.807) is 12.1 Å². The number of hydrogen-bond acceptors (Lipinski definition) is 2. The van der Waals surface area contributed by atoms with Crippen molar-refractivity contribution in [3.8, 4) is 0 Å². The third kappa shape index (κ3) is 3.45. The molecule has 0 fully saturated rings. The van der Waals surface area contributed by atoms with Gasteiger partial charge in [-0.25, -0.2) is 4.79 Å². The Bertz CT molecular complexity index is 590. The molecule has 1 atom stereocenters. The van der Waals surface area contributed by atoms with Crippen LogP contribution in [0.2, 0.25) is 0 Å². The average molecular weight is 270 g/mol. The monoisotopic (exact) mass is 270 g/mol. The highest BCUT2D eigenvalue weighted by molar-refractivity contribution is 5.87. The van der Waals surface area contributed by atoms with Crippen LogP contribution in [-0.4, -0.2) is 11.1 Å². The van der Waals surface area contributed by atoms with Crippen molar-refractivity contribution in [3.63, 3.8) is 0 Å². The van der Waals surface area contributed by atoms with Crippen LogP contribution >= 0.6 is 0 Å². The van der Waals surface area contributed by atoms with Gasteiger partial charge in [0.25, 0.3) is 0 Å². The van der Waals surface area contributed by atoms with E-state index in [4.69, 9.17) is 9.84 Å². The van der Waals surface area contributed by atoms with Crippen molar-refractivity contribution in [3.05, 3.63) is 70.8 Å². The molecular weight excluding hydrogens is 252 g/mol. The summed E-state index contributed by atoms with van der Waals surface area (Å²) in [6.07, 6.45) is 0.00903. The lowest BCUT2D eigenvalue weighted by Crippen LogP contribution is -2.03. The van der Waals surface area contributed by atoms with Gasteiger partial charge >= 0.3 is 5.97 Å². The lowest BCUT2D eigenvalue weighted by molar-refractivity contribution is 0.0522. The van der Waals surface area contributed by atoms with E-state index in [2.05, 4.69) is 0 Å². The third-order valence-electron chi connectivity index (χ3n) is 3.35. The van der Waals surface area contributed by atoms with Crippen LogP contribution in [0.5, 0.6) is 0 Å². The topological polar surface area (TPSA) is 46.5 Å². The highest BCUT2D eigenvalue weighted by atomic mass is 16.5. The fourth-order valence-corrected chi connectivity index (χ4v) is 2.03. The number of rotatable bonds is 5. The molecule has 0 radical (unpaired) electrons. The average Bonchev–Trinajstić information content (AvgIpc) is 2.46. The molecule has 0 saturated carbocycles. The number of carboxylic acid groups (broad SMARTS) is 1. The molecule has 1 unspecified atom stereocenters. The van der Waals surface area contributed by atoms with Gasteiger partial charge in [0.1, 0.15) is 0 Å². The van der Waals surface area contributed by atoms with E-state index in [1.807, 2.05) is 50.2 Å². The predicted molar refractivity (Wildman–Crippen MR) is 77.8 cm³/mol. The van der Waals surface area contributed by atoms with Gasteiger partial charge in [-0.05, 0) is 42.7 Å². The summed E-state index contributed by atoms with van der Waals surface area (Å²) in [5.74, 6) is -0.904. The molecule has 3 nitrogen and oxygen atoms in total. The summed E-state index contributed by atoms with van der Waals surface area (Å²) < 4.78 is 5.85. The Labute approximate surface area is 118 Å². The first-order valence-corrected chi connectivity index (χ1v) is 6.57. The number of benzene rings is 2. The second-order valence-corrected chi connectivity index (χ2v) is 4.81. The summed E-state index contributed by atoms with van der Waals surface area (Å²) >= 11 is 0. The Morgan fingerprint density at radius 2 is 1.90 bits per heavy atom. The number of hydrogen-bond donors (Lipinski definition) is 1. The molecule has 0 aliphatic rings. The molecule has 0 bridgehead atoms. The van der Waals surface area contributed by atoms with Gasteiger partial charge < -0.3 is 9.84 Å². The van der Waals surface area contributed by atoms with Crippen LogP contribution in [0, 0.1) is 6.92 Å². The van der Waals surface area contributed by atoms with Crippen LogP contribution in [0.4, 0.5) is 0 Å². The number of carboxylic acids is 1. The van der Waals surface area contributed by atoms with Crippen LogP contribution in [0.15, 0.2) is 48.5 Å². The SMILES string of the molecule is Cc1cc(C(=O)O)ccc1COC(C)c1ccccc1. The number of ether oxygens (including phenoxy) is 1. The standard InChI is InChI=1S/C17H18O3/c1-12-10-15(17(18)19)8-9-16(12)11-20-13(2)14-6-4-3-5-7-14/h3-10,13H,11H2,1-2H3,(H,18,19). The van der Waals surface area contributed by atoms with Crippen LogP contribution in [-0.2, 0) is 11.3 Å². The minimum Gasteiger partial charge on any atom is -0.478 e. The molecule has 20 heavy (non-hydrogen) atoms. The van der Waals surface area contributed by atoms with E-state index in [-0.39, 0.29) is 6.10 Å². The minimum atomic E-state index is -0.904. The fourth-order valence-electron chi connectivity index (χ4n) is 2.03. The third-order valence-corrected chi connectivity index (χ3v) is 3.35. The molecule has 2 aromatic rings. The molecule has 1 N–H and O–H groups in total. The van der Waals surface area contributed by atoms with Crippen LogP contribution in [0.1, 0.15) is 40.1 Å². The van der Waals surface area contributed by atoms with E-state index >= 15 is 0 Å². The summed E-state index contributed by atoms with van der Waals surface area (Å²) in [5.41, 5.74) is 3.39. The van der Waals surface area contributed by atoms with Gasteiger partial charge in [0.05, 0.1) is 18.3 Å². The normalized spacial score (nSPS) is 12.1. The number of carbonyl (C=O) groups is 1. The van der Waals surface area contributed by atoms with Gasteiger partial charge in [0.15, 0.2) is 0 Å². The Morgan fingerprint density at radius 3 is 2.50 bits per heavy atom. The van der Waals surface area contributed by atoms with E-state index in [0.29, 0.717) is 12.2 Å². The van der Waals surface area contributed by atoms with Crippen LogP contribution in [0.25, 0.3) is 0 Å². The Morgan fingerprint density at radius 1 is 1.20 bits per heavy atom. The molecule has 0 saturated heterocycles. The van der Waals surface area contributed by atoms with Crippen molar-refractivity contribution in [2.45, 2.75) is 26.6 Å². The van der Waals surface area contributed by atoms with Gasteiger partial charge in [-0.1, -0.05) is 36.4 Å². The van der Waals surface area contributed by atoms with Gasteiger partial charge in [0, 0.05) is 0 Å². The first kappa shape index (κ1) is 14.3. The molecule has 3 heteroatoms. The Kier molecular flexibility index (Phi) is 4.53. The maximum Gasteiger partial charge on any atom is 0.335 e. The largest absolute Gasteiger partial charge is 0.478 e. The van der Waals surface area contributed by atoms with E-state index in [9.17, 15) is 4.79 Å². The van der Waals surface area contributed by atoms with Crippen molar-refractivity contribution < 1.29 is 14.6 Å². The highest BCUT2D eigenvalue weighted by Crippen LogP contribution is 2.20. The number of aromatic carboxylic acids is 1. The second kappa shape index (κ2) is 6.35. The van der Waals surface area contributed by atoms with Crippen LogP contribution in [0.3, 0.4) is 0 Å². The zero-order chi connectivity index (χ0) is 14.5. The van der Waals surface area contributed by atoms with Crippen molar-refractivity contribution in [1.82, 2.24) is 0 Å². The summed E-state index contributed by atoms with van der Waals surface area (Å²) in [6, 6.07) is 15.1. The molecule has 0 aromatic heterocycles. The first-order valence-electron chi connectivity index (χ1n) is 6.57. The van der Waals surface area contributed by atoms with Crippen molar-refractivity contribution >= 4 is 5.97 Å². The molecule has 0 aliphatic heterocycles. The maximum absolute atomic E-state index is 10.9. The van der Waals surface area contributed by atoms with Gasteiger partial charge in [-0.15, -0.1) is 0 Å². The predicted octanol–water partition coefficient (Wildman–Crippen LogP) is 3.97. The Hall–Kier alpha value is -2.13. The summed E-state index contributed by atoms with van der Waals surface area (Å²) in [6.45, 7) is 4.39.